The normalized spacial score (nSPS) is 11.0. The third-order valence-electron chi connectivity index (χ3n) is 3.30. The number of methoxy groups -OCH3 is 1. The Morgan fingerprint density at radius 3 is 2.67 bits per heavy atom. The van der Waals surface area contributed by atoms with Crippen LogP contribution in [-0.4, -0.2) is 38.4 Å². The molecule has 0 amide bonds. The van der Waals surface area contributed by atoms with Gasteiger partial charge in [0.1, 0.15) is 5.75 Å². The summed E-state index contributed by atoms with van der Waals surface area (Å²) in [5.41, 5.74) is 1.48. The van der Waals surface area contributed by atoms with E-state index in [4.69, 9.17) is 17.0 Å². The van der Waals surface area contributed by atoms with Crippen LogP contribution in [0.5, 0.6) is 17.2 Å². The predicted octanol–water partition coefficient (Wildman–Crippen LogP) is 2.91. The predicted molar refractivity (Wildman–Crippen MR) is 92.2 cm³/mol. The fourth-order valence-electron chi connectivity index (χ4n) is 2.10. The Morgan fingerprint density at radius 1 is 1.21 bits per heavy atom. The lowest BCUT2D eigenvalue weighted by Crippen LogP contribution is -1.95. The standard InChI is InChI=1S/C16H14N4O3S/c1-23-14-8-10(2-7-13(14)22)9-17-20-15(18-19-16(20)24)11-3-5-12(21)6-4-11/h2-9,21-22H,1H3,(H,19,24). The van der Waals surface area contributed by atoms with Gasteiger partial charge in [0, 0.05) is 5.56 Å². The fraction of sp³-hybridized carbons (Fsp3) is 0.0625. The van der Waals surface area contributed by atoms with Crippen LogP contribution in [0.3, 0.4) is 0 Å². The van der Waals surface area contributed by atoms with Gasteiger partial charge in [-0.2, -0.15) is 14.9 Å². The molecule has 0 bridgehead atoms. The minimum absolute atomic E-state index is 0.0550. The Labute approximate surface area is 142 Å². The van der Waals surface area contributed by atoms with Crippen LogP contribution in [-0.2, 0) is 0 Å². The van der Waals surface area contributed by atoms with Crippen molar-refractivity contribution in [3.63, 3.8) is 0 Å². The van der Waals surface area contributed by atoms with Crippen molar-refractivity contribution in [3.8, 4) is 28.6 Å². The van der Waals surface area contributed by atoms with E-state index in [0.29, 0.717) is 16.3 Å². The molecule has 1 heterocycles. The summed E-state index contributed by atoms with van der Waals surface area (Å²) in [6, 6.07) is 11.4. The summed E-state index contributed by atoms with van der Waals surface area (Å²) in [4.78, 5) is 0. The lowest BCUT2D eigenvalue weighted by atomic mass is 10.2. The van der Waals surface area contributed by atoms with E-state index < -0.39 is 0 Å². The molecule has 24 heavy (non-hydrogen) atoms. The number of rotatable bonds is 4. The summed E-state index contributed by atoms with van der Waals surface area (Å²) < 4.78 is 6.88. The molecule has 0 saturated carbocycles. The second-order valence-electron chi connectivity index (χ2n) is 4.89. The molecule has 3 N–H and O–H groups in total. The van der Waals surface area contributed by atoms with Crippen molar-refractivity contribution >= 4 is 18.4 Å². The molecule has 2 aromatic carbocycles. The third kappa shape index (κ3) is 3.13. The summed E-state index contributed by atoms with van der Waals surface area (Å²) in [6.45, 7) is 0. The van der Waals surface area contributed by atoms with Crippen LogP contribution in [0.15, 0.2) is 47.6 Å². The van der Waals surface area contributed by atoms with Crippen LogP contribution in [0.4, 0.5) is 0 Å². The molecule has 3 aromatic rings. The van der Waals surface area contributed by atoms with Crippen LogP contribution in [0, 0.1) is 4.77 Å². The van der Waals surface area contributed by atoms with Crippen molar-refractivity contribution in [2.45, 2.75) is 0 Å². The average Bonchev–Trinajstić information content (AvgIpc) is 2.95. The SMILES string of the molecule is COc1cc(C=Nn2c(-c3ccc(O)cc3)n[nH]c2=S)ccc1O. The van der Waals surface area contributed by atoms with Crippen molar-refractivity contribution in [1.29, 1.82) is 0 Å². The highest BCUT2D eigenvalue weighted by Gasteiger charge is 2.08. The summed E-state index contributed by atoms with van der Waals surface area (Å²) in [6.07, 6.45) is 1.58. The number of phenols is 2. The topological polar surface area (TPSA) is 95.7 Å². The number of benzene rings is 2. The molecule has 0 aliphatic heterocycles. The van der Waals surface area contributed by atoms with Gasteiger partial charge in [-0.25, -0.2) is 5.10 Å². The molecule has 0 fully saturated rings. The van der Waals surface area contributed by atoms with Gasteiger partial charge in [-0.1, -0.05) is 0 Å². The van der Waals surface area contributed by atoms with Gasteiger partial charge < -0.3 is 14.9 Å². The third-order valence-corrected chi connectivity index (χ3v) is 3.57. The van der Waals surface area contributed by atoms with E-state index in [9.17, 15) is 10.2 Å². The largest absolute Gasteiger partial charge is 0.508 e. The molecule has 0 radical (unpaired) electrons. The second-order valence-corrected chi connectivity index (χ2v) is 5.27. The van der Waals surface area contributed by atoms with Gasteiger partial charge in [-0.15, -0.1) is 0 Å². The maximum absolute atomic E-state index is 9.62. The summed E-state index contributed by atoms with van der Waals surface area (Å²) >= 11 is 5.20. The van der Waals surface area contributed by atoms with E-state index in [-0.39, 0.29) is 11.5 Å². The average molecular weight is 342 g/mol. The first-order chi connectivity index (χ1) is 11.6. The zero-order chi connectivity index (χ0) is 17.1. The van der Waals surface area contributed by atoms with Crippen LogP contribution >= 0.6 is 12.2 Å². The quantitative estimate of drug-likeness (QED) is 0.500. The summed E-state index contributed by atoms with van der Waals surface area (Å²) in [5.74, 6) is 1.09. The van der Waals surface area contributed by atoms with Gasteiger partial charge in [0.05, 0.1) is 13.3 Å². The maximum Gasteiger partial charge on any atom is 0.216 e. The van der Waals surface area contributed by atoms with E-state index >= 15 is 0 Å². The van der Waals surface area contributed by atoms with Crippen molar-refractivity contribution in [2.75, 3.05) is 7.11 Å². The Bertz CT molecular complexity index is 945. The minimum atomic E-state index is 0.0550. The van der Waals surface area contributed by atoms with Crippen LogP contribution in [0.2, 0.25) is 0 Å². The lowest BCUT2D eigenvalue weighted by molar-refractivity contribution is 0.373. The number of ether oxygens (including phenoxy) is 1. The second kappa shape index (κ2) is 6.55. The highest BCUT2D eigenvalue weighted by atomic mass is 32.1. The van der Waals surface area contributed by atoms with E-state index in [1.54, 1.807) is 42.6 Å². The Kier molecular flexibility index (Phi) is 4.30. The van der Waals surface area contributed by atoms with E-state index in [1.807, 2.05) is 0 Å². The highest BCUT2D eigenvalue weighted by molar-refractivity contribution is 7.71. The number of H-pyrrole nitrogens is 1. The number of nitrogens with one attached hydrogen (secondary N) is 1. The molecule has 0 aliphatic rings. The number of hydrogen-bond acceptors (Lipinski definition) is 6. The zero-order valence-electron chi connectivity index (χ0n) is 12.7. The minimum Gasteiger partial charge on any atom is -0.508 e. The van der Waals surface area contributed by atoms with Crippen molar-refractivity contribution < 1.29 is 14.9 Å². The molecule has 0 saturated heterocycles. The molecule has 7 nitrogen and oxygen atoms in total. The first kappa shape index (κ1) is 15.8. The number of aromatic hydroxyl groups is 2. The van der Waals surface area contributed by atoms with Gasteiger partial charge >= 0.3 is 0 Å². The van der Waals surface area contributed by atoms with Crippen molar-refractivity contribution in [1.82, 2.24) is 14.9 Å². The lowest BCUT2D eigenvalue weighted by Gasteiger charge is -2.04. The molecule has 0 spiro atoms. The Hall–Kier alpha value is -3.13. The smallest absolute Gasteiger partial charge is 0.216 e. The molecule has 0 unspecified atom stereocenters. The van der Waals surface area contributed by atoms with E-state index in [2.05, 4.69) is 15.3 Å². The van der Waals surface area contributed by atoms with Crippen molar-refractivity contribution in [2.24, 2.45) is 5.10 Å². The summed E-state index contributed by atoms with van der Waals surface area (Å²) in [7, 11) is 1.48. The van der Waals surface area contributed by atoms with Crippen LogP contribution in [0.1, 0.15) is 5.56 Å². The number of phenolic OH excluding ortho intramolecular Hbond substituents is 2. The molecule has 3 rings (SSSR count). The molecule has 0 aliphatic carbocycles. The highest BCUT2D eigenvalue weighted by Crippen LogP contribution is 2.25. The number of aromatic nitrogens is 3. The molecule has 0 atom stereocenters. The number of hydrogen-bond donors (Lipinski definition) is 3. The molecule has 1 aromatic heterocycles. The Balaban J connectivity index is 1.97. The van der Waals surface area contributed by atoms with Gasteiger partial charge in [-0.3, -0.25) is 0 Å². The van der Waals surface area contributed by atoms with E-state index in [0.717, 1.165) is 11.1 Å². The maximum atomic E-state index is 9.62. The molecule has 122 valence electrons. The molecular weight excluding hydrogens is 328 g/mol. The van der Waals surface area contributed by atoms with Gasteiger partial charge in [0.25, 0.3) is 0 Å². The fourth-order valence-corrected chi connectivity index (χ4v) is 2.27. The monoisotopic (exact) mass is 342 g/mol. The number of nitrogens with zero attached hydrogens (tertiary/aromatic N) is 3. The first-order valence-electron chi connectivity index (χ1n) is 6.96. The first-order valence-corrected chi connectivity index (χ1v) is 7.37. The Morgan fingerprint density at radius 2 is 1.96 bits per heavy atom. The number of aromatic amines is 1. The summed E-state index contributed by atoms with van der Waals surface area (Å²) in [5, 5.41) is 30.2. The van der Waals surface area contributed by atoms with Gasteiger partial charge in [0.2, 0.25) is 4.77 Å². The van der Waals surface area contributed by atoms with Crippen molar-refractivity contribution in [3.05, 3.63) is 52.8 Å². The molecule has 8 heteroatoms. The zero-order valence-corrected chi connectivity index (χ0v) is 13.5. The van der Waals surface area contributed by atoms with Gasteiger partial charge in [-0.05, 0) is 60.2 Å². The van der Waals surface area contributed by atoms with Crippen LogP contribution < -0.4 is 4.74 Å². The van der Waals surface area contributed by atoms with Gasteiger partial charge in [0.15, 0.2) is 17.3 Å². The van der Waals surface area contributed by atoms with E-state index in [1.165, 1.54) is 17.9 Å². The molecular formula is C16H14N4O3S. The van der Waals surface area contributed by atoms with Crippen LogP contribution in [0.25, 0.3) is 11.4 Å².